The van der Waals surface area contributed by atoms with Gasteiger partial charge >= 0.3 is 0 Å². The van der Waals surface area contributed by atoms with E-state index in [0.29, 0.717) is 11.5 Å². The van der Waals surface area contributed by atoms with Crippen molar-refractivity contribution in [1.82, 2.24) is 15.5 Å². The van der Waals surface area contributed by atoms with Crippen molar-refractivity contribution in [3.8, 4) is 0 Å². The van der Waals surface area contributed by atoms with Crippen LogP contribution < -0.4 is 10.6 Å². The standard InChI is InChI=1S/C16H34N4.HI/c1-6-16(10-9-11-16)13-19-15(17-5)18-12-14(4)20(7-2)8-3;/h14H,6-13H2,1-5H3,(H2,17,18,19);1H. The lowest BCUT2D eigenvalue weighted by Crippen LogP contribution is -2.49. The molecule has 0 aliphatic heterocycles. The lowest BCUT2D eigenvalue weighted by atomic mass is 9.67. The minimum Gasteiger partial charge on any atom is -0.356 e. The average molecular weight is 410 g/mol. The maximum absolute atomic E-state index is 4.34. The minimum atomic E-state index is 0. The third-order valence-electron chi connectivity index (χ3n) is 5.02. The summed E-state index contributed by atoms with van der Waals surface area (Å²) in [6.07, 6.45) is 5.39. The Morgan fingerprint density at radius 3 is 2.19 bits per heavy atom. The number of nitrogens with zero attached hydrogens (tertiary/aromatic N) is 2. The van der Waals surface area contributed by atoms with Gasteiger partial charge in [-0.25, -0.2) is 0 Å². The van der Waals surface area contributed by atoms with Crippen LogP contribution in [0.2, 0.25) is 0 Å². The monoisotopic (exact) mass is 410 g/mol. The molecule has 4 nitrogen and oxygen atoms in total. The molecule has 1 rings (SSSR count). The molecule has 5 heteroatoms. The number of hydrogen-bond donors (Lipinski definition) is 2. The molecule has 1 unspecified atom stereocenters. The zero-order valence-electron chi connectivity index (χ0n) is 14.5. The molecule has 0 spiro atoms. The second kappa shape index (κ2) is 10.6. The lowest BCUT2D eigenvalue weighted by Gasteiger charge is -2.41. The average Bonchev–Trinajstić information content (AvgIpc) is 2.42. The summed E-state index contributed by atoms with van der Waals surface area (Å²) in [7, 11) is 1.86. The van der Waals surface area contributed by atoms with E-state index in [1.54, 1.807) is 0 Å². The van der Waals surface area contributed by atoms with Gasteiger partial charge in [-0.2, -0.15) is 0 Å². The van der Waals surface area contributed by atoms with Crippen molar-refractivity contribution < 1.29 is 0 Å². The largest absolute Gasteiger partial charge is 0.356 e. The van der Waals surface area contributed by atoms with E-state index >= 15 is 0 Å². The van der Waals surface area contributed by atoms with Crippen molar-refractivity contribution in [1.29, 1.82) is 0 Å². The van der Waals surface area contributed by atoms with Gasteiger partial charge in [0.1, 0.15) is 0 Å². The normalized spacial score (nSPS) is 18.7. The topological polar surface area (TPSA) is 39.7 Å². The maximum Gasteiger partial charge on any atom is 0.191 e. The Balaban J connectivity index is 0.00000400. The van der Waals surface area contributed by atoms with Crippen molar-refractivity contribution in [3.63, 3.8) is 0 Å². The summed E-state index contributed by atoms with van der Waals surface area (Å²) in [6.45, 7) is 13.2. The fourth-order valence-corrected chi connectivity index (χ4v) is 3.04. The number of hydrogen-bond acceptors (Lipinski definition) is 2. The maximum atomic E-state index is 4.34. The van der Waals surface area contributed by atoms with Gasteiger partial charge in [-0.3, -0.25) is 9.89 Å². The van der Waals surface area contributed by atoms with E-state index in [-0.39, 0.29) is 24.0 Å². The molecule has 2 N–H and O–H groups in total. The van der Waals surface area contributed by atoms with Gasteiger partial charge in [-0.05, 0) is 44.7 Å². The van der Waals surface area contributed by atoms with E-state index < -0.39 is 0 Å². The van der Waals surface area contributed by atoms with Crippen molar-refractivity contribution >= 4 is 29.9 Å². The second-order valence-electron chi connectivity index (χ2n) is 6.08. The van der Waals surface area contributed by atoms with E-state index in [0.717, 1.165) is 32.1 Å². The lowest BCUT2D eigenvalue weighted by molar-refractivity contribution is 0.131. The van der Waals surface area contributed by atoms with Crippen LogP contribution in [0, 0.1) is 5.41 Å². The van der Waals surface area contributed by atoms with E-state index in [4.69, 9.17) is 0 Å². The highest BCUT2D eigenvalue weighted by Crippen LogP contribution is 2.42. The molecule has 1 fully saturated rings. The van der Waals surface area contributed by atoms with Crippen molar-refractivity contribution in [2.75, 3.05) is 33.2 Å². The highest BCUT2D eigenvalue weighted by atomic mass is 127. The van der Waals surface area contributed by atoms with Gasteiger partial charge in [0.05, 0.1) is 0 Å². The number of aliphatic imine (C=N–C) groups is 1. The van der Waals surface area contributed by atoms with E-state index in [1.165, 1.54) is 25.7 Å². The van der Waals surface area contributed by atoms with E-state index in [2.05, 4.69) is 48.2 Å². The summed E-state index contributed by atoms with van der Waals surface area (Å²) in [5, 5.41) is 6.97. The first-order chi connectivity index (χ1) is 9.60. The zero-order valence-corrected chi connectivity index (χ0v) is 16.9. The Labute approximate surface area is 148 Å². The fourth-order valence-electron chi connectivity index (χ4n) is 3.04. The molecule has 0 amide bonds. The number of nitrogens with one attached hydrogen (secondary N) is 2. The van der Waals surface area contributed by atoms with Crippen LogP contribution >= 0.6 is 24.0 Å². The van der Waals surface area contributed by atoms with Gasteiger partial charge in [0.25, 0.3) is 0 Å². The molecule has 1 aliphatic carbocycles. The summed E-state index contributed by atoms with van der Waals surface area (Å²) in [5.74, 6) is 0.948. The molecule has 0 aromatic rings. The van der Waals surface area contributed by atoms with E-state index in [9.17, 15) is 0 Å². The molecule has 126 valence electrons. The molecule has 1 saturated carbocycles. The Hall–Kier alpha value is -0.0400. The van der Waals surface area contributed by atoms with Crippen molar-refractivity contribution in [2.24, 2.45) is 10.4 Å². The van der Waals surface area contributed by atoms with Crippen LogP contribution in [0.4, 0.5) is 0 Å². The smallest absolute Gasteiger partial charge is 0.191 e. The Bertz CT molecular complexity index is 293. The molecule has 0 aromatic carbocycles. The van der Waals surface area contributed by atoms with Crippen LogP contribution in [0.25, 0.3) is 0 Å². The molecular weight excluding hydrogens is 375 g/mol. The highest BCUT2D eigenvalue weighted by molar-refractivity contribution is 14.0. The fraction of sp³-hybridized carbons (Fsp3) is 0.938. The number of guanidine groups is 1. The van der Waals surface area contributed by atoms with Crippen LogP contribution in [0.1, 0.15) is 53.4 Å². The van der Waals surface area contributed by atoms with Crippen molar-refractivity contribution in [3.05, 3.63) is 0 Å². The first-order valence-electron chi connectivity index (χ1n) is 8.29. The third kappa shape index (κ3) is 6.30. The predicted molar refractivity (Wildman–Crippen MR) is 104 cm³/mol. The summed E-state index contributed by atoms with van der Waals surface area (Å²) >= 11 is 0. The molecule has 21 heavy (non-hydrogen) atoms. The van der Waals surface area contributed by atoms with Crippen LogP contribution in [0.3, 0.4) is 0 Å². The first-order valence-corrected chi connectivity index (χ1v) is 8.29. The molecule has 0 bridgehead atoms. The molecule has 0 saturated heterocycles. The van der Waals surface area contributed by atoms with Gasteiger partial charge in [0.2, 0.25) is 0 Å². The summed E-state index contributed by atoms with van der Waals surface area (Å²) < 4.78 is 0. The van der Waals surface area contributed by atoms with Crippen LogP contribution in [0.15, 0.2) is 4.99 Å². The van der Waals surface area contributed by atoms with Gasteiger partial charge < -0.3 is 10.6 Å². The van der Waals surface area contributed by atoms with Crippen LogP contribution in [0.5, 0.6) is 0 Å². The molecule has 0 aromatic heterocycles. The van der Waals surface area contributed by atoms with Crippen LogP contribution in [-0.4, -0.2) is 50.1 Å². The predicted octanol–water partition coefficient (Wildman–Crippen LogP) is 3.08. The first kappa shape index (κ1) is 21.0. The summed E-state index contributed by atoms with van der Waals surface area (Å²) in [5.41, 5.74) is 0.530. The SMILES string of the molecule is CCN(CC)C(C)CNC(=NC)NCC1(CC)CCC1.I. The number of likely N-dealkylation sites (N-methyl/N-ethyl adjacent to an activating group) is 1. The van der Waals surface area contributed by atoms with Crippen molar-refractivity contribution in [2.45, 2.75) is 59.4 Å². The van der Waals surface area contributed by atoms with Gasteiger partial charge in [-0.15, -0.1) is 24.0 Å². The Kier molecular flexibility index (Phi) is 10.6. The third-order valence-corrected chi connectivity index (χ3v) is 5.02. The molecule has 1 aliphatic rings. The summed E-state index contributed by atoms with van der Waals surface area (Å²) in [4.78, 5) is 6.80. The quantitative estimate of drug-likeness (QED) is 0.367. The van der Waals surface area contributed by atoms with Gasteiger partial charge in [0.15, 0.2) is 5.96 Å². The highest BCUT2D eigenvalue weighted by Gasteiger charge is 2.34. The van der Waals surface area contributed by atoms with Gasteiger partial charge in [0, 0.05) is 26.2 Å². The minimum absolute atomic E-state index is 0. The molecule has 0 radical (unpaired) electrons. The van der Waals surface area contributed by atoms with Crippen LogP contribution in [-0.2, 0) is 0 Å². The molecule has 1 atom stereocenters. The number of halogens is 1. The molecular formula is C16H35IN4. The number of rotatable bonds is 8. The second-order valence-corrected chi connectivity index (χ2v) is 6.08. The zero-order chi connectivity index (χ0) is 15.0. The molecule has 0 heterocycles. The van der Waals surface area contributed by atoms with E-state index in [1.807, 2.05) is 7.05 Å². The summed E-state index contributed by atoms with van der Waals surface area (Å²) in [6, 6.07) is 0.535. The Morgan fingerprint density at radius 2 is 1.81 bits per heavy atom. The Morgan fingerprint density at radius 1 is 1.19 bits per heavy atom. The van der Waals surface area contributed by atoms with Gasteiger partial charge in [-0.1, -0.05) is 27.2 Å².